The summed E-state index contributed by atoms with van der Waals surface area (Å²) >= 11 is 1.67. The first-order chi connectivity index (χ1) is 5.43. The average molecular weight is 285 g/mol. The van der Waals surface area contributed by atoms with Crippen molar-refractivity contribution in [2.24, 2.45) is 11.7 Å². The average Bonchev–Trinajstić information content (AvgIpc) is 1.84. The number of halogens is 1. The van der Waals surface area contributed by atoms with E-state index in [0.29, 0.717) is 5.92 Å². The van der Waals surface area contributed by atoms with E-state index in [0.717, 1.165) is 6.42 Å². The van der Waals surface area contributed by atoms with Crippen molar-refractivity contribution in [3.05, 3.63) is 0 Å². The van der Waals surface area contributed by atoms with E-state index in [1.54, 1.807) is 22.6 Å². The highest BCUT2D eigenvalue weighted by atomic mass is 127. The lowest BCUT2D eigenvalue weighted by molar-refractivity contribution is -0.111. The van der Waals surface area contributed by atoms with Gasteiger partial charge in [-0.3, -0.25) is 4.79 Å². The van der Waals surface area contributed by atoms with Crippen molar-refractivity contribution < 1.29 is 9.90 Å². The van der Waals surface area contributed by atoms with Crippen molar-refractivity contribution >= 4 is 26.4 Å². The van der Waals surface area contributed by atoms with E-state index in [9.17, 15) is 9.90 Å². The summed E-state index contributed by atoms with van der Waals surface area (Å²) in [6, 6.07) is -0.274. The van der Waals surface area contributed by atoms with Gasteiger partial charge in [0.2, 0.25) is 0 Å². The maximum Gasteiger partial charge on any atom is 0.195 e. The van der Waals surface area contributed by atoms with Crippen molar-refractivity contribution in [3.63, 3.8) is 0 Å². The Bertz CT molecular complexity index is 150. The monoisotopic (exact) mass is 285 g/mol. The number of nitrogens with two attached hydrogens (primary N) is 1. The normalized spacial score (nSPS) is 16.2. The van der Waals surface area contributed by atoms with Crippen LogP contribution in [0.3, 0.4) is 0 Å². The van der Waals surface area contributed by atoms with Crippen LogP contribution in [0.2, 0.25) is 0 Å². The molecule has 0 aromatic heterocycles. The minimum absolute atomic E-state index is 0.0423. The van der Waals surface area contributed by atoms with Crippen LogP contribution in [0.5, 0.6) is 0 Å². The van der Waals surface area contributed by atoms with E-state index in [-0.39, 0.29) is 16.3 Å². The predicted molar refractivity (Wildman–Crippen MR) is 57.1 cm³/mol. The molecule has 0 aliphatic rings. The van der Waals surface area contributed by atoms with Crippen molar-refractivity contribution in [3.8, 4) is 0 Å². The largest absolute Gasteiger partial charge is 0.391 e. The number of carbonyl (C=O) groups is 1. The smallest absolute Gasteiger partial charge is 0.195 e. The van der Waals surface area contributed by atoms with Crippen LogP contribution in [0.25, 0.3) is 0 Å². The van der Waals surface area contributed by atoms with Gasteiger partial charge in [0.15, 0.2) is 3.79 Å². The lowest BCUT2D eigenvalue weighted by atomic mass is 9.99. The van der Waals surface area contributed by atoms with Gasteiger partial charge in [0.1, 0.15) is 0 Å². The Morgan fingerprint density at radius 1 is 1.58 bits per heavy atom. The topological polar surface area (TPSA) is 63.3 Å². The molecule has 0 saturated heterocycles. The van der Waals surface area contributed by atoms with Gasteiger partial charge in [-0.05, 0) is 34.9 Å². The molecule has 0 aromatic rings. The number of aliphatic hydroxyl groups is 1. The van der Waals surface area contributed by atoms with Crippen LogP contribution in [0.1, 0.15) is 26.7 Å². The van der Waals surface area contributed by atoms with E-state index in [1.165, 1.54) is 0 Å². The molecule has 0 aliphatic heterocycles. The highest BCUT2D eigenvalue weighted by molar-refractivity contribution is 14.1. The Morgan fingerprint density at radius 2 is 2.08 bits per heavy atom. The third kappa shape index (κ3) is 5.91. The van der Waals surface area contributed by atoms with Gasteiger partial charge < -0.3 is 10.8 Å². The number of hydrogen-bond acceptors (Lipinski definition) is 3. The summed E-state index contributed by atoms with van der Waals surface area (Å²) < 4.78 is -0.0423. The Hall–Kier alpha value is 0.320. The van der Waals surface area contributed by atoms with Gasteiger partial charge in [-0.15, -0.1) is 0 Å². The minimum Gasteiger partial charge on any atom is -0.391 e. The van der Waals surface area contributed by atoms with Crippen LogP contribution in [-0.4, -0.2) is 21.0 Å². The maximum absolute atomic E-state index is 10.6. The van der Waals surface area contributed by atoms with Gasteiger partial charge in [0, 0.05) is 12.5 Å². The van der Waals surface area contributed by atoms with Gasteiger partial charge in [-0.2, -0.15) is 0 Å². The number of hydrogen-bond donors (Lipinski definition) is 2. The molecule has 0 saturated carbocycles. The maximum atomic E-state index is 10.6. The zero-order valence-electron chi connectivity index (χ0n) is 7.46. The van der Waals surface area contributed by atoms with Crippen molar-refractivity contribution in [1.29, 1.82) is 0 Å². The van der Waals surface area contributed by atoms with Crippen LogP contribution >= 0.6 is 22.6 Å². The van der Waals surface area contributed by atoms with Crippen molar-refractivity contribution in [2.45, 2.75) is 38.8 Å². The lowest BCUT2D eigenvalue weighted by Crippen LogP contribution is -2.36. The third-order valence-electron chi connectivity index (χ3n) is 1.61. The van der Waals surface area contributed by atoms with E-state index in [4.69, 9.17) is 5.73 Å². The Balaban J connectivity index is 3.76. The summed E-state index contributed by atoms with van der Waals surface area (Å²) in [6.45, 7) is 4.08. The second-order valence-corrected chi connectivity index (χ2v) is 4.62. The molecule has 12 heavy (non-hydrogen) atoms. The SMILES string of the molecule is CC(C)C[C@H](N)[C@@H](O)CC(=O)I. The summed E-state index contributed by atoms with van der Waals surface area (Å²) in [5.74, 6) is 0.457. The van der Waals surface area contributed by atoms with Gasteiger partial charge in [0.25, 0.3) is 0 Å². The summed E-state index contributed by atoms with van der Waals surface area (Å²) in [6.07, 6.45) is 0.233. The molecular formula is C8H16INO2. The molecule has 4 heteroatoms. The number of rotatable bonds is 5. The molecule has 0 spiro atoms. The van der Waals surface area contributed by atoms with E-state index < -0.39 is 6.10 Å². The molecule has 0 fully saturated rings. The molecule has 3 N–H and O–H groups in total. The first-order valence-electron chi connectivity index (χ1n) is 4.05. The molecule has 0 unspecified atom stereocenters. The molecule has 0 aromatic carbocycles. The first kappa shape index (κ1) is 12.3. The molecule has 0 amide bonds. The highest BCUT2D eigenvalue weighted by Crippen LogP contribution is 2.10. The van der Waals surface area contributed by atoms with Crippen LogP contribution in [0.4, 0.5) is 0 Å². The predicted octanol–water partition coefficient (Wildman–Crippen LogP) is 1.07. The highest BCUT2D eigenvalue weighted by Gasteiger charge is 2.17. The van der Waals surface area contributed by atoms with E-state index in [1.807, 2.05) is 13.8 Å². The second kappa shape index (κ2) is 5.88. The molecular weight excluding hydrogens is 269 g/mol. The van der Waals surface area contributed by atoms with Crippen LogP contribution < -0.4 is 5.73 Å². The molecule has 0 rings (SSSR count). The van der Waals surface area contributed by atoms with Gasteiger partial charge >= 0.3 is 0 Å². The molecule has 0 heterocycles. The molecule has 0 radical (unpaired) electrons. The number of carbonyl (C=O) groups excluding carboxylic acids is 1. The Labute approximate surface area is 86.9 Å². The minimum atomic E-state index is -0.684. The van der Waals surface area contributed by atoms with Gasteiger partial charge in [-0.25, -0.2) is 0 Å². The fourth-order valence-electron chi connectivity index (χ4n) is 1.02. The van der Waals surface area contributed by atoms with Gasteiger partial charge in [-0.1, -0.05) is 13.8 Å². The lowest BCUT2D eigenvalue weighted by Gasteiger charge is -2.18. The summed E-state index contributed by atoms with van der Waals surface area (Å²) in [7, 11) is 0. The fraction of sp³-hybridized carbons (Fsp3) is 0.875. The van der Waals surface area contributed by atoms with Crippen molar-refractivity contribution in [2.75, 3.05) is 0 Å². The molecule has 0 aliphatic carbocycles. The first-order valence-corrected chi connectivity index (χ1v) is 5.13. The van der Waals surface area contributed by atoms with Crippen LogP contribution in [-0.2, 0) is 4.79 Å². The number of aliphatic hydroxyl groups excluding tert-OH is 1. The quantitative estimate of drug-likeness (QED) is 0.586. The molecule has 72 valence electrons. The zero-order valence-corrected chi connectivity index (χ0v) is 9.61. The third-order valence-corrected chi connectivity index (χ3v) is 2.05. The van der Waals surface area contributed by atoms with Crippen molar-refractivity contribution in [1.82, 2.24) is 0 Å². The molecule has 3 nitrogen and oxygen atoms in total. The van der Waals surface area contributed by atoms with E-state index in [2.05, 4.69) is 0 Å². The zero-order chi connectivity index (χ0) is 9.72. The Morgan fingerprint density at radius 3 is 2.42 bits per heavy atom. The van der Waals surface area contributed by atoms with E-state index >= 15 is 0 Å². The fourth-order valence-corrected chi connectivity index (χ4v) is 1.47. The molecule has 2 atom stereocenters. The van der Waals surface area contributed by atoms with Gasteiger partial charge in [0.05, 0.1) is 6.10 Å². The standard InChI is InChI=1S/C8H16INO2/c1-5(2)3-6(10)7(11)4-8(9)12/h5-7,11H,3-4,10H2,1-2H3/t6-,7-/m0/s1. The summed E-state index contributed by atoms with van der Waals surface area (Å²) in [4.78, 5) is 10.6. The summed E-state index contributed by atoms with van der Waals surface area (Å²) in [5.41, 5.74) is 5.66. The summed E-state index contributed by atoms with van der Waals surface area (Å²) in [5, 5.41) is 9.39. The van der Waals surface area contributed by atoms with Crippen LogP contribution in [0, 0.1) is 5.92 Å². The van der Waals surface area contributed by atoms with Crippen LogP contribution in [0.15, 0.2) is 0 Å². The second-order valence-electron chi connectivity index (χ2n) is 3.42. The Kier molecular flexibility index (Phi) is 6.04. The molecule has 0 bridgehead atoms.